The molecule has 30 heavy (non-hydrogen) atoms. The van der Waals surface area contributed by atoms with Crippen LogP contribution in [0.5, 0.6) is 0 Å². The fourth-order valence-electron chi connectivity index (χ4n) is 4.44. The minimum atomic E-state index is -1.47. The number of carbonyl (C=O) groups is 3. The molecule has 0 heterocycles. The van der Waals surface area contributed by atoms with Crippen molar-refractivity contribution in [1.82, 2.24) is 0 Å². The van der Waals surface area contributed by atoms with E-state index in [4.69, 9.17) is 9.47 Å². The second kappa shape index (κ2) is 8.66. The molecule has 0 saturated heterocycles. The van der Waals surface area contributed by atoms with E-state index < -0.39 is 23.3 Å². The lowest BCUT2D eigenvalue weighted by Crippen LogP contribution is -2.49. The molecule has 0 aromatic heterocycles. The van der Waals surface area contributed by atoms with E-state index in [0.717, 1.165) is 11.1 Å². The van der Waals surface area contributed by atoms with Crippen LogP contribution in [0.25, 0.3) is 0 Å². The molecule has 5 nitrogen and oxygen atoms in total. The predicted molar refractivity (Wildman–Crippen MR) is 110 cm³/mol. The lowest BCUT2D eigenvalue weighted by atomic mass is 9.66. The quantitative estimate of drug-likeness (QED) is 0.534. The monoisotopic (exact) mass is 404 g/mol. The first-order valence-electron chi connectivity index (χ1n) is 10.3. The smallest absolute Gasteiger partial charge is 0.324 e. The van der Waals surface area contributed by atoms with Gasteiger partial charge in [-0.25, -0.2) is 0 Å². The van der Waals surface area contributed by atoms with E-state index in [9.17, 15) is 14.4 Å². The predicted octanol–water partition coefficient (Wildman–Crippen LogP) is 4.16. The van der Waals surface area contributed by atoms with Crippen molar-refractivity contribution in [2.24, 2.45) is 11.3 Å². The number of fused-ring (bicyclic) bond motifs is 1. The molecule has 0 unspecified atom stereocenters. The van der Waals surface area contributed by atoms with Crippen LogP contribution in [0.3, 0.4) is 0 Å². The van der Waals surface area contributed by atoms with E-state index in [1.54, 1.807) is 0 Å². The number of ketones is 1. The van der Waals surface area contributed by atoms with Crippen LogP contribution in [0, 0.1) is 11.3 Å². The lowest BCUT2D eigenvalue weighted by Gasteiger charge is -2.37. The van der Waals surface area contributed by atoms with Crippen molar-refractivity contribution in [2.75, 3.05) is 0 Å². The Kier molecular flexibility index (Phi) is 5.79. The summed E-state index contributed by atoms with van der Waals surface area (Å²) in [5.74, 6) is -1.68. The molecular formula is C25H24O5. The first kappa shape index (κ1) is 20.1. The summed E-state index contributed by atoms with van der Waals surface area (Å²) in [4.78, 5) is 39.0. The van der Waals surface area contributed by atoms with E-state index in [-0.39, 0.29) is 25.4 Å². The topological polar surface area (TPSA) is 69.7 Å². The van der Waals surface area contributed by atoms with Gasteiger partial charge in [0.05, 0.1) is 0 Å². The van der Waals surface area contributed by atoms with Crippen LogP contribution in [-0.4, -0.2) is 17.7 Å². The fraction of sp³-hybridized carbons (Fsp3) is 0.320. The third-order valence-corrected chi connectivity index (χ3v) is 6.01. The molecule has 2 aliphatic carbocycles. The zero-order valence-electron chi connectivity index (χ0n) is 16.7. The summed E-state index contributed by atoms with van der Waals surface area (Å²) in [6, 6.07) is 18.7. The van der Waals surface area contributed by atoms with Crippen LogP contribution in [-0.2, 0) is 37.1 Å². The van der Waals surface area contributed by atoms with Crippen molar-refractivity contribution < 1.29 is 23.9 Å². The van der Waals surface area contributed by atoms with Crippen molar-refractivity contribution in [2.45, 2.75) is 38.9 Å². The zero-order chi connectivity index (χ0) is 21.0. The van der Waals surface area contributed by atoms with Crippen molar-refractivity contribution in [3.63, 3.8) is 0 Å². The van der Waals surface area contributed by atoms with Crippen molar-refractivity contribution >= 4 is 17.7 Å². The molecule has 1 fully saturated rings. The number of Topliss-reactive ketones (excluding diaryl/α,β-unsaturated/α-hetero) is 1. The second-order valence-electron chi connectivity index (χ2n) is 7.81. The highest BCUT2D eigenvalue weighted by molar-refractivity contribution is 6.06. The van der Waals surface area contributed by atoms with Gasteiger partial charge in [0.1, 0.15) is 13.2 Å². The minimum Gasteiger partial charge on any atom is -0.460 e. The Bertz CT molecular complexity index is 906. The van der Waals surface area contributed by atoms with E-state index in [1.165, 1.54) is 0 Å². The van der Waals surface area contributed by atoms with Crippen LogP contribution in [0.15, 0.2) is 72.3 Å². The molecule has 0 radical (unpaired) electrons. The molecule has 1 saturated carbocycles. The Morgan fingerprint density at radius 1 is 0.867 bits per heavy atom. The average molecular weight is 404 g/mol. The number of ether oxygens (including phenoxy) is 2. The first-order chi connectivity index (χ1) is 14.6. The SMILES string of the molecule is O=C1CC[C@H]2C1=CCCC2(C(=O)OCc1ccccc1)C(=O)OCc1ccccc1. The number of carbonyl (C=O) groups excluding carboxylic acids is 3. The number of esters is 2. The van der Waals surface area contributed by atoms with Gasteiger partial charge in [-0.05, 0) is 36.0 Å². The number of benzene rings is 2. The highest BCUT2D eigenvalue weighted by Gasteiger charge is 2.59. The van der Waals surface area contributed by atoms with Gasteiger partial charge < -0.3 is 9.47 Å². The number of rotatable bonds is 6. The maximum atomic E-state index is 13.3. The van der Waals surface area contributed by atoms with Crippen molar-refractivity contribution in [1.29, 1.82) is 0 Å². The highest BCUT2D eigenvalue weighted by atomic mass is 16.6. The summed E-state index contributed by atoms with van der Waals surface area (Å²) < 4.78 is 11.2. The third kappa shape index (κ3) is 3.80. The number of allylic oxidation sites excluding steroid dienone is 2. The van der Waals surface area contributed by atoms with Gasteiger partial charge in [-0.3, -0.25) is 14.4 Å². The van der Waals surface area contributed by atoms with Crippen LogP contribution in [0.4, 0.5) is 0 Å². The van der Waals surface area contributed by atoms with Crippen molar-refractivity contribution in [3.8, 4) is 0 Å². The van der Waals surface area contributed by atoms with Crippen LogP contribution < -0.4 is 0 Å². The molecule has 154 valence electrons. The molecule has 5 heteroatoms. The molecular weight excluding hydrogens is 380 g/mol. The largest absolute Gasteiger partial charge is 0.460 e. The molecule has 2 aliphatic rings. The van der Waals surface area contributed by atoms with Gasteiger partial charge in [0.25, 0.3) is 0 Å². The lowest BCUT2D eigenvalue weighted by molar-refractivity contribution is -0.179. The van der Waals surface area contributed by atoms with E-state index >= 15 is 0 Å². The van der Waals surface area contributed by atoms with Gasteiger partial charge in [-0.2, -0.15) is 0 Å². The van der Waals surface area contributed by atoms with Gasteiger partial charge >= 0.3 is 11.9 Å². The first-order valence-corrected chi connectivity index (χ1v) is 10.3. The van der Waals surface area contributed by atoms with Gasteiger partial charge in [-0.15, -0.1) is 0 Å². The number of hydrogen-bond donors (Lipinski definition) is 0. The minimum absolute atomic E-state index is 0.00999. The molecule has 1 atom stereocenters. The third-order valence-electron chi connectivity index (χ3n) is 6.01. The van der Waals surface area contributed by atoms with Gasteiger partial charge in [0.15, 0.2) is 11.2 Å². The molecule has 0 bridgehead atoms. The molecule has 0 aliphatic heterocycles. The van der Waals surface area contributed by atoms with Gasteiger partial charge in [0, 0.05) is 12.3 Å². The van der Waals surface area contributed by atoms with E-state index in [2.05, 4.69) is 0 Å². The van der Waals surface area contributed by atoms with E-state index in [1.807, 2.05) is 66.7 Å². The average Bonchev–Trinajstić information content (AvgIpc) is 3.18. The Morgan fingerprint density at radius 3 is 1.93 bits per heavy atom. The van der Waals surface area contributed by atoms with Gasteiger partial charge in [0.2, 0.25) is 0 Å². The molecule has 2 aromatic carbocycles. The maximum absolute atomic E-state index is 13.3. The Morgan fingerprint density at radius 2 is 1.40 bits per heavy atom. The maximum Gasteiger partial charge on any atom is 0.324 e. The number of hydrogen-bond acceptors (Lipinski definition) is 5. The summed E-state index contributed by atoms with van der Waals surface area (Å²) in [6.45, 7) is 0.153. The summed E-state index contributed by atoms with van der Waals surface area (Å²) >= 11 is 0. The van der Waals surface area contributed by atoms with Crippen molar-refractivity contribution in [3.05, 3.63) is 83.4 Å². The van der Waals surface area contributed by atoms with Crippen LogP contribution >= 0.6 is 0 Å². The van der Waals surface area contributed by atoms with Gasteiger partial charge in [-0.1, -0.05) is 66.7 Å². The summed E-state index contributed by atoms with van der Waals surface area (Å²) in [7, 11) is 0. The normalized spacial score (nSPS) is 19.5. The summed E-state index contributed by atoms with van der Waals surface area (Å²) in [5, 5.41) is 0. The molecule has 0 amide bonds. The second-order valence-corrected chi connectivity index (χ2v) is 7.81. The molecule has 0 N–H and O–H groups in total. The highest BCUT2D eigenvalue weighted by Crippen LogP contribution is 2.50. The fourth-order valence-corrected chi connectivity index (χ4v) is 4.44. The summed E-state index contributed by atoms with van der Waals surface area (Å²) in [6.07, 6.45) is 3.43. The Balaban J connectivity index is 1.58. The van der Waals surface area contributed by atoms with E-state index in [0.29, 0.717) is 24.8 Å². The Labute approximate surface area is 175 Å². The van der Waals surface area contributed by atoms with Crippen LogP contribution in [0.1, 0.15) is 36.8 Å². The molecule has 0 spiro atoms. The zero-order valence-corrected chi connectivity index (χ0v) is 16.7. The molecule has 4 rings (SSSR count). The Hall–Kier alpha value is -3.21. The molecule has 2 aromatic rings. The standard InChI is InChI=1S/C25H24O5/c26-22-14-13-21-20(22)12-7-15-25(21,23(27)29-16-18-8-3-1-4-9-18)24(28)30-17-19-10-5-2-6-11-19/h1-6,8-12,21H,7,13-17H2/t21-/m0/s1. The summed E-state index contributed by atoms with van der Waals surface area (Å²) in [5.41, 5.74) is 0.787. The van der Waals surface area contributed by atoms with Crippen LogP contribution in [0.2, 0.25) is 0 Å².